The van der Waals surface area contributed by atoms with Crippen LogP contribution in [0.25, 0.3) is 0 Å². The van der Waals surface area contributed by atoms with Gasteiger partial charge in [0.2, 0.25) is 0 Å². The molecule has 98 valence electrons. The van der Waals surface area contributed by atoms with Crippen LogP contribution in [0.3, 0.4) is 0 Å². The molecule has 0 saturated heterocycles. The standard InChI is InChI=1S/C12H11BrN4OS/c1-6-7(3-2-4-9(6)13)12(18)16-11-8(10(14)19)5-15-17-11/h2-5H,1H3,(H2,14,19)(H2,15,16,17,18). The summed E-state index contributed by atoms with van der Waals surface area (Å²) in [6.07, 6.45) is 1.48. The zero-order valence-corrected chi connectivity index (χ0v) is 12.4. The lowest BCUT2D eigenvalue weighted by Gasteiger charge is -2.08. The number of H-pyrrole nitrogens is 1. The Morgan fingerprint density at radius 3 is 2.89 bits per heavy atom. The minimum absolute atomic E-state index is 0.176. The van der Waals surface area contributed by atoms with Gasteiger partial charge in [0, 0.05) is 10.0 Å². The van der Waals surface area contributed by atoms with Gasteiger partial charge in [0.05, 0.1) is 11.8 Å². The lowest BCUT2D eigenvalue weighted by molar-refractivity contribution is 0.102. The van der Waals surface area contributed by atoms with Crippen molar-refractivity contribution < 1.29 is 4.79 Å². The number of nitrogens with zero attached hydrogens (tertiary/aromatic N) is 1. The Labute approximate surface area is 123 Å². The van der Waals surface area contributed by atoms with Crippen LogP contribution < -0.4 is 11.1 Å². The van der Waals surface area contributed by atoms with E-state index in [0.29, 0.717) is 16.9 Å². The first-order valence-corrected chi connectivity index (χ1v) is 6.60. The smallest absolute Gasteiger partial charge is 0.257 e. The molecule has 0 bridgehead atoms. The number of halogens is 1. The molecule has 0 fully saturated rings. The Balaban J connectivity index is 2.29. The van der Waals surface area contributed by atoms with E-state index in [9.17, 15) is 4.79 Å². The highest BCUT2D eigenvalue weighted by Crippen LogP contribution is 2.21. The maximum atomic E-state index is 12.2. The van der Waals surface area contributed by atoms with Crippen LogP contribution in [-0.2, 0) is 0 Å². The number of hydrogen-bond acceptors (Lipinski definition) is 3. The zero-order chi connectivity index (χ0) is 14.0. The number of carbonyl (C=O) groups excluding carboxylic acids is 1. The molecule has 19 heavy (non-hydrogen) atoms. The normalized spacial score (nSPS) is 10.2. The number of hydrogen-bond donors (Lipinski definition) is 3. The van der Waals surface area contributed by atoms with Crippen molar-refractivity contribution in [2.75, 3.05) is 5.32 Å². The van der Waals surface area contributed by atoms with Crippen LogP contribution in [0.5, 0.6) is 0 Å². The highest BCUT2D eigenvalue weighted by Gasteiger charge is 2.14. The summed E-state index contributed by atoms with van der Waals surface area (Å²) in [7, 11) is 0. The number of amides is 1. The van der Waals surface area contributed by atoms with Gasteiger partial charge in [-0.05, 0) is 24.6 Å². The largest absolute Gasteiger partial charge is 0.389 e. The second-order valence-corrected chi connectivity index (χ2v) is 5.18. The second-order valence-electron chi connectivity index (χ2n) is 3.89. The number of carbonyl (C=O) groups is 1. The predicted molar refractivity (Wildman–Crippen MR) is 81.3 cm³/mol. The van der Waals surface area contributed by atoms with Crippen molar-refractivity contribution in [3.63, 3.8) is 0 Å². The van der Waals surface area contributed by atoms with E-state index < -0.39 is 0 Å². The van der Waals surface area contributed by atoms with Crippen molar-refractivity contribution in [1.82, 2.24) is 10.2 Å². The number of thiocarbonyl (C=S) groups is 1. The van der Waals surface area contributed by atoms with Gasteiger partial charge in [0.15, 0.2) is 0 Å². The minimum atomic E-state index is -0.249. The van der Waals surface area contributed by atoms with E-state index in [1.807, 2.05) is 13.0 Å². The Hall–Kier alpha value is -1.73. The van der Waals surface area contributed by atoms with E-state index in [2.05, 4.69) is 31.4 Å². The van der Waals surface area contributed by atoms with Crippen molar-refractivity contribution in [3.05, 3.63) is 45.6 Å². The monoisotopic (exact) mass is 338 g/mol. The van der Waals surface area contributed by atoms with Crippen molar-refractivity contribution in [2.45, 2.75) is 6.92 Å². The van der Waals surface area contributed by atoms with Crippen molar-refractivity contribution >= 4 is 44.9 Å². The number of nitrogens with two attached hydrogens (primary N) is 1. The van der Waals surface area contributed by atoms with E-state index in [4.69, 9.17) is 18.0 Å². The molecule has 1 heterocycles. The Morgan fingerprint density at radius 1 is 1.47 bits per heavy atom. The molecule has 0 atom stereocenters. The Bertz CT molecular complexity index is 653. The first-order valence-electron chi connectivity index (χ1n) is 5.40. The molecule has 0 aliphatic carbocycles. The zero-order valence-electron chi connectivity index (χ0n) is 10.0. The molecule has 7 heteroatoms. The number of aromatic amines is 1. The first kappa shape index (κ1) is 13.7. The number of benzene rings is 1. The average Bonchev–Trinajstić information content (AvgIpc) is 2.80. The van der Waals surface area contributed by atoms with Crippen LogP contribution in [0.15, 0.2) is 28.9 Å². The summed E-state index contributed by atoms with van der Waals surface area (Å²) in [4.78, 5) is 12.4. The van der Waals surface area contributed by atoms with E-state index in [1.54, 1.807) is 12.1 Å². The summed E-state index contributed by atoms with van der Waals surface area (Å²) in [5.74, 6) is 0.150. The third-order valence-electron chi connectivity index (χ3n) is 2.66. The molecule has 2 rings (SSSR count). The molecule has 2 aromatic rings. The topological polar surface area (TPSA) is 83.8 Å². The first-order chi connectivity index (χ1) is 9.00. The van der Waals surface area contributed by atoms with Crippen LogP contribution in [0.4, 0.5) is 5.82 Å². The maximum absolute atomic E-state index is 12.2. The summed E-state index contributed by atoms with van der Waals surface area (Å²) in [6.45, 7) is 1.86. The highest BCUT2D eigenvalue weighted by atomic mass is 79.9. The molecule has 1 aromatic heterocycles. The molecule has 0 radical (unpaired) electrons. The summed E-state index contributed by atoms with van der Waals surface area (Å²) < 4.78 is 0.874. The van der Waals surface area contributed by atoms with E-state index in [1.165, 1.54) is 6.20 Å². The quantitative estimate of drug-likeness (QED) is 0.750. The molecule has 0 unspecified atom stereocenters. The predicted octanol–water partition coefficient (Wildman–Crippen LogP) is 2.37. The van der Waals surface area contributed by atoms with E-state index >= 15 is 0 Å². The van der Waals surface area contributed by atoms with Gasteiger partial charge in [0.1, 0.15) is 10.8 Å². The summed E-state index contributed by atoms with van der Waals surface area (Å²) in [6, 6.07) is 5.42. The minimum Gasteiger partial charge on any atom is -0.389 e. The van der Waals surface area contributed by atoms with Crippen LogP contribution in [0.1, 0.15) is 21.5 Å². The molecule has 0 spiro atoms. The lowest BCUT2D eigenvalue weighted by Crippen LogP contribution is -2.17. The van der Waals surface area contributed by atoms with Gasteiger partial charge in [-0.15, -0.1) is 0 Å². The summed E-state index contributed by atoms with van der Waals surface area (Å²) >= 11 is 8.27. The maximum Gasteiger partial charge on any atom is 0.257 e. The van der Waals surface area contributed by atoms with E-state index in [0.717, 1.165) is 10.0 Å². The molecule has 1 amide bonds. The molecule has 4 N–H and O–H groups in total. The highest BCUT2D eigenvalue weighted by molar-refractivity contribution is 9.10. The molecule has 0 aliphatic rings. The van der Waals surface area contributed by atoms with Gasteiger partial charge < -0.3 is 11.1 Å². The van der Waals surface area contributed by atoms with Crippen LogP contribution >= 0.6 is 28.1 Å². The molecular formula is C12H11BrN4OS. The van der Waals surface area contributed by atoms with Gasteiger partial charge in [-0.25, -0.2) is 0 Å². The van der Waals surface area contributed by atoms with Crippen LogP contribution in [-0.4, -0.2) is 21.1 Å². The van der Waals surface area contributed by atoms with Gasteiger partial charge in [-0.1, -0.05) is 34.2 Å². The van der Waals surface area contributed by atoms with Gasteiger partial charge in [-0.3, -0.25) is 9.89 Å². The average molecular weight is 339 g/mol. The van der Waals surface area contributed by atoms with Gasteiger partial charge >= 0.3 is 0 Å². The van der Waals surface area contributed by atoms with Crippen molar-refractivity contribution in [1.29, 1.82) is 0 Å². The lowest BCUT2D eigenvalue weighted by atomic mass is 10.1. The van der Waals surface area contributed by atoms with E-state index in [-0.39, 0.29) is 10.9 Å². The molecule has 0 saturated carbocycles. The number of aromatic nitrogens is 2. The van der Waals surface area contributed by atoms with Crippen LogP contribution in [0, 0.1) is 6.92 Å². The molecule has 5 nitrogen and oxygen atoms in total. The number of rotatable bonds is 3. The van der Waals surface area contributed by atoms with Gasteiger partial charge in [-0.2, -0.15) is 5.10 Å². The van der Waals surface area contributed by atoms with Crippen molar-refractivity contribution in [2.24, 2.45) is 5.73 Å². The van der Waals surface area contributed by atoms with Gasteiger partial charge in [0.25, 0.3) is 5.91 Å². The number of anilines is 1. The SMILES string of the molecule is Cc1c(Br)cccc1C(=O)Nc1[nH]ncc1C(N)=S. The Morgan fingerprint density at radius 2 is 2.21 bits per heavy atom. The van der Waals surface area contributed by atoms with Crippen molar-refractivity contribution in [3.8, 4) is 0 Å². The fourth-order valence-electron chi connectivity index (χ4n) is 1.60. The fourth-order valence-corrected chi connectivity index (χ4v) is 2.12. The molecular weight excluding hydrogens is 328 g/mol. The van der Waals surface area contributed by atoms with Crippen LogP contribution in [0.2, 0.25) is 0 Å². The fraction of sp³-hybridized carbons (Fsp3) is 0.0833. The third-order valence-corrected chi connectivity index (χ3v) is 3.73. The summed E-state index contributed by atoms with van der Waals surface area (Å²) in [5, 5.41) is 9.19. The molecule has 1 aromatic carbocycles. The number of nitrogens with one attached hydrogen (secondary N) is 2. The Kier molecular flexibility index (Phi) is 3.96. The summed E-state index contributed by atoms with van der Waals surface area (Å²) in [5.41, 5.74) is 7.48. The second kappa shape index (κ2) is 5.50. The third kappa shape index (κ3) is 2.82. The molecule has 0 aliphatic heterocycles.